The van der Waals surface area contributed by atoms with Crippen LogP contribution in [-0.2, 0) is 15.7 Å². The van der Waals surface area contributed by atoms with Gasteiger partial charge in [-0.1, -0.05) is 0 Å². The van der Waals surface area contributed by atoms with E-state index in [2.05, 4.69) is 10.1 Å². The van der Waals surface area contributed by atoms with Crippen LogP contribution in [0.5, 0.6) is 5.88 Å². The van der Waals surface area contributed by atoms with Gasteiger partial charge < -0.3 is 9.47 Å². The van der Waals surface area contributed by atoms with Crippen molar-refractivity contribution in [1.29, 1.82) is 0 Å². The fourth-order valence-electron chi connectivity index (χ4n) is 1.52. The molecule has 0 aliphatic heterocycles. The van der Waals surface area contributed by atoms with Crippen LogP contribution in [0.15, 0.2) is 11.4 Å². The molecular weight excluding hydrogens is 339 g/mol. The van der Waals surface area contributed by atoms with E-state index < -0.39 is 29.7 Å². The molecule has 0 saturated carbocycles. The van der Waals surface area contributed by atoms with Crippen LogP contribution in [0.4, 0.5) is 13.2 Å². The predicted molar refractivity (Wildman–Crippen MR) is 71.5 cm³/mol. The van der Waals surface area contributed by atoms with Crippen molar-refractivity contribution in [1.82, 2.24) is 14.8 Å². The maximum Gasteiger partial charge on any atom is 0.435 e. The normalized spacial score (nSPS) is 11.3. The van der Waals surface area contributed by atoms with Gasteiger partial charge in [0.1, 0.15) is 0 Å². The number of aromatic nitrogens is 3. The lowest BCUT2D eigenvalue weighted by Crippen LogP contribution is -2.09. The molecule has 2 aromatic heterocycles. The number of rotatable bonds is 4. The Kier molecular flexibility index (Phi) is 4.68. The zero-order valence-corrected chi connectivity index (χ0v) is 12.7. The summed E-state index contributed by atoms with van der Waals surface area (Å²) in [7, 11) is 0. The van der Waals surface area contributed by atoms with Crippen LogP contribution in [0.2, 0.25) is 0 Å². The summed E-state index contributed by atoms with van der Waals surface area (Å²) in [4.78, 5) is 26.4. The second kappa shape index (κ2) is 6.36. The molecule has 0 spiro atoms. The van der Waals surface area contributed by atoms with Crippen molar-refractivity contribution in [2.45, 2.75) is 20.0 Å². The fourth-order valence-corrected chi connectivity index (χ4v) is 2.27. The second-order valence-electron chi connectivity index (χ2n) is 4.11. The maximum atomic E-state index is 12.8. The van der Waals surface area contributed by atoms with Gasteiger partial charge in [0, 0.05) is 18.4 Å². The first-order chi connectivity index (χ1) is 10.7. The molecule has 0 amide bonds. The molecule has 0 N–H and O–H groups in total. The predicted octanol–water partition coefficient (Wildman–Crippen LogP) is 2.45. The van der Waals surface area contributed by atoms with Gasteiger partial charge in [0.05, 0.1) is 6.61 Å². The molecule has 0 aliphatic rings. The van der Waals surface area contributed by atoms with Crippen molar-refractivity contribution in [3.05, 3.63) is 22.8 Å². The number of carbonyl (C=O) groups excluding carboxylic acids is 2. The van der Waals surface area contributed by atoms with E-state index in [1.807, 2.05) is 0 Å². The molecule has 0 atom stereocenters. The van der Waals surface area contributed by atoms with E-state index in [0.29, 0.717) is 10.7 Å². The van der Waals surface area contributed by atoms with E-state index in [9.17, 15) is 22.8 Å². The lowest BCUT2D eigenvalue weighted by molar-refractivity contribution is -0.141. The van der Waals surface area contributed by atoms with Crippen LogP contribution >= 0.6 is 11.3 Å². The number of halogens is 3. The number of hydrogen-bond donors (Lipinski definition) is 0. The van der Waals surface area contributed by atoms with Crippen LogP contribution in [-0.4, -0.2) is 33.3 Å². The molecule has 0 fully saturated rings. The zero-order chi connectivity index (χ0) is 17.2. The molecule has 23 heavy (non-hydrogen) atoms. The third-order valence-corrected chi connectivity index (χ3v) is 3.19. The highest BCUT2D eigenvalue weighted by Crippen LogP contribution is 2.32. The molecule has 2 aromatic rings. The van der Waals surface area contributed by atoms with Gasteiger partial charge in [0.25, 0.3) is 0 Å². The zero-order valence-electron chi connectivity index (χ0n) is 11.9. The largest absolute Gasteiger partial charge is 0.461 e. The van der Waals surface area contributed by atoms with Crippen LogP contribution in [0.3, 0.4) is 0 Å². The van der Waals surface area contributed by atoms with Crippen molar-refractivity contribution in [2.75, 3.05) is 6.61 Å². The monoisotopic (exact) mass is 349 g/mol. The van der Waals surface area contributed by atoms with Gasteiger partial charge in [-0.25, -0.2) is 9.78 Å². The summed E-state index contributed by atoms with van der Waals surface area (Å²) in [6, 6.07) is 0.576. The lowest BCUT2D eigenvalue weighted by atomic mass is 10.4. The summed E-state index contributed by atoms with van der Waals surface area (Å²) < 4.78 is 48.4. The first-order valence-corrected chi connectivity index (χ1v) is 7.09. The maximum absolute atomic E-state index is 12.8. The van der Waals surface area contributed by atoms with Gasteiger partial charge in [-0.3, -0.25) is 4.79 Å². The summed E-state index contributed by atoms with van der Waals surface area (Å²) in [6.07, 6.45) is -4.72. The summed E-state index contributed by atoms with van der Waals surface area (Å²) in [5.74, 6) is -1.98. The molecular formula is C12H10F3N3O4S. The highest BCUT2D eigenvalue weighted by molar-refractivity contribution is 7.12. The minimum absolute atomic E-state index is 0.0696. The van der Waals surface area contributed by atoms with Crippen molar-refractivity contribution in [3.63, 3.8) is 0 Å². The minimum Gasteiger partial charge on any atom is -0.461 e. The van der Waals surface area contributed by atoms with E-state index in [1.165, 1.54) is 5.38 Å². The van der Waals surface area contributed by atoms with Crippen LogP contribution in [0.1, 0.15) is 30.0 Å². The molecule has 124 valence electrons. The van der Waals surface area contributed by atoms with Crippen molar-refractivity contribution < 1.29 is 32.2 Å². The number of esters is 2. The fraction of sp³-hybridized carbons (Fsp3) is 0.333. The number of alkyl halides is 3. The molecule has 11 heteroatoms. The third-order valence-electron chi connectivity index (χ3n) is 2.37. The first-order valence-electron chi connectivity index (χ1n) is 6.21. The average Bonchev–Trinajstić information content (AvgIpc) is 3.03. The number of thiazole rings is 1. The molecule has 0 saturated heterocycles. The number of carbonyl (C=O) groups is 2. The molecule has 2 heterocycles. The van der Waals surface area contributed by atoms with Gasteiger partial charge in [-0.05, 0) is 6.92 Å². The minimum atomic E-state index is -4.72. The number of nitrogens with zero attached hydrogens (tertiary/aromatic N) is 3. The topological polar surface area (TPSA) is 83.3 Å². The van der Waals surface area contributed by atoms with Gasteiger partial charge in [0.2, 0.25) is 11.0 Å². The SMILES string of the molecule is CCOC(=O)c1csc(-n2nc(C(F)(F)F)cc2OC(C)=O)n1. The Balaban J connectivity index is 2.43. The molecule has 0 bridgehead atoms. The molecule has 7 nitrogen and oxygen atoms in total. The quantitative estimate of drug-likeness (QED) is 0.789. The van der Waals surface area contributed by atoms with E-state index in [0.717, 1.165) is 18.3 Å². The van der Waals surface area contributed by atoms with Crippen LogP contribution in [0, 0.1) is 0 Å². The van der Waals surface area contributed by atoms with Crippen LogP contribution in [0.25, 0.3) is 5.13 Å². The van der Waals surface area contributed by atoms with E-state index in [4.69, 9.17) is 9.47 Å². The molecule has 0 radical (unpaired) electrons. The summed E-state index contributed by atoms with van der Waals surface area (Å²) in [5.41, 5.74) is -1.33. The average molecular weight is 349 g/mol. The standard InChI is InChI=1S/C12H10F3N3O4S/c1-3-21-10(20)7-5-23-11(16-7)18-9(22-6(2)19)4-8(17-18)12(13,14)15/h4-5H,3H2,1-2H3. The van der Waals surface area contributed by atoms with Crippen molar-refractivity contribution in [3.8, 4) is 11.0 Å². The van der Waals surface area contributed by atoms with Crippen molar-refractivity contribution >= 4 is 23.3 Å². The van der Waals surface area contributed by atoms with E-state index in [1.54, 1.807) is 6.92 Å². The summed E-state index contributed by atoms with van der Waals surface area (Å²) >= 11 is 0.852. The van der Waals surface area contributed by atoms with E-state index >= 15 is 0 Å². The highest BCUT2D eigenvalue weighted by Gasteiger charge is 2.36. The smallest absolute Gasteiger partial charge is 0.435 e. The first kappa shape index (κ1) is 16.9. The Labute approximate surface area is 131 Å². The molecule has 0 unspecified atom stereocenters. The van der Waals surface area contributed by atoms with Crippen molar-refractivity contribution in [2.24, 2.45) is 0 Å². The Morgan fingerprint density at radius 3 is 2.65 bits per heavy atom. The number of ether oxygens (including phenoxy) is 2. The summed E-state index contributed by atoms with van der Waals surface area (Å²) in [5, 5.41) is 4.57. The van der Waals surface area contributed by atoms with Gasteiger partial charge in [-0.2, -0.15) is 23.0 Å². The highest BCUT2D eigenvalue weighted by atomic mass is 32.1. The van der Waals surface area contributed by atoms with Gasteiger partial charge in [0.15, 0.2) is 11.4 Å². The second-order valence-corrected chi connectivity index (χ2v) is 4.94. The molecule has 0 aromatic carbocycles. The molecule has 2 rings (SSSR count). The van der Waals surface area contributed by atoms with Gasteiger partial charge >= 0.3 is 18.1 Å². The third kappa shape index (κ3) is 3.86. The number of hydrogen-bond acceptors (Lipinski definition) is 7. The Hall–Kier alpha value is -2.43. The lowest BCUT2D eigenvalue weighted by Gasteiger charge is -2.02. The Morgan fingerprint density at radius 1 is 1.39 bits per heavy atom. The Bertz CT molecular complexity index is 738. The van der Waals surface area contributed by atoms with E-state index in [-0.39, 0.29) is 17.4 Å². The van der Waals surface area contributed by atoms with Gasteiger partial charge in [-0.15, -0.1) is 11.3 Å². The summed E-state index contributed by atoms with van der Waals surface area (Å²) in [6.45, 7) is 2.77. The van der Waals surface area contributed by atoms with Crippen LogP contribution < -0.4 is 4.74 Å². The molecule has 0 aliphatic carbocycles. The Morgan fingerprint density at radius 2 is 2.09 bits per heavy atom.